The standard InChI is InChI=1S/C33H26Cl4N2O6S/c1-2-3-16-45-33(44)19-12-14-20(15-13-19)38-31(41)29(18-8-5-4-6-9-18)46-22-11-7-10-21(17-22)39-30(40)23-24(32(42)43)26(35)28(37)27(36)25(23)34/h4-15,17,29H,2-3,16H2,1H3,(H,38,41)(H,39,40)(H,42,43). The summed E-state index contributed by atoms with van der Waals surface area (Å²) in [5.74, 6) is -3.15. The van der Waals surface area contributed by atoms with Gasteiger partial charge in [0.1, 0.15) is 5.25 Å². The van der Waals surface area contributed by atoms with Gasteiger partial charge in [-0.3, -0.25) is 9.59 Å². The Morgan fingerprint density at radius 2 is 1.43 bits per heavy atom. The fourth-order valence-electron chi connectivity index (χ4n) is 4.21. The van der Waals surface area contributed by atoms with Crippen LogP contribution in [0.5, 0.6) is 0 Å². The third kappa shape index (κ3) is 8.54. The van der Waals surface area contributed by atoms with Crippen LogP contribution in [0.4, 0.5) is 11.4 Å². The number of carboxylic acid groups (broad SMARTS) is 1. The maximum absolute atomic E-state index is 13.6. The third-order valence-electron chi connectivity index (χ3n) is 6.51. The van der Waals surface area contributed by atoms with E-state index < -0.39 is 39.2 Å². The number of carboxylic acids is 1. The molecule has 1 atom stereocenters. The van der Waals surface area contributed by atoms with Gasteiger partial charge in [-0.15, -0.1) is 11.8 Å². The van der Waals surface area contributed by atoms with E-state index in [4.69, 9.17) is 51.1 Å². The number of unbranched alkanes of at least 4 members (excludes halogenated alkanes) is 1. The van der Waals surface area contributed by atoms with E-state index in [0.29, 0.717) is 28.4 Å². The summed E-state index contributed by atoms with van der Waals surface area (Å²) in [6.07, 6.45) is 1.69. The van der Waals surface area contributed by atoms with Crippen molar-refractivity contribution in [1.29, 1.82) is 0 Å². The first-order chi connectivity index (χ1) is 22.0. The molecule has 0 aliphatic heterocycles. The van der Waals surface area contributed by atoms with E-state index in [1.54, 1.807) is 48.5 Å². The van der Waals surface area contributed by atoms with E-state index >= 15 is 0 Å². The number of hydrogen-bond donors (Lipinski definition) is 3. The second kappa shape index (κ2) is 16.2. The maximum atomic E-state index is 13.6. The summed E-state index contributed by atoms with van der Waals surface area (Å²) in [7, 11) is 0. The Kier molecular flexibility index (Phi) is 12.4. The lowest BCUT2D eigenvalue weighted by atomic mass is 10.1. The van der Waals surface area contributed by atoms with Crippen molar-refractivity contribution in [2.24, 2.45) is 0 Å². The average Bonchev–Trinajstić information content (AvgIpc) is 3.04. The van der Waals surface area contributed by atoms with Gasteiger partial charge in [0.15, 0.2) is 0 Å². The number of benzene rings is 4. The molecule has 3 N–H and O–H groups in total. The smallest absolute Gasteiger partial charge is 0.338 e. The van der Waals surface area contributed by atoms with Gasteiger partial charge in [0.25, 0.3) is 5.91 Å². The highest BCUT2D eigenvalue weighted by atomic mass is 35.5. The van der Waals surface area contributed by atoms with Crippen LogP contribution in [0.25, 0.3) is 0 Å². The Morgan fingerprint density at radius 3 is 2.07 bits per heavy atom. The lowest BCUT2D eigenvalue weighted by Crippen LogP contribution is -2.19. The van der Waals surface area contributed by atoms with Crippen LogP contribution in [-0.2, 0) is 9.53 Å². The number of carbonyl (C=O) groups excluding carboxylic acids is 3. The molecule has 0 bridgehead atoms. The van der Waals surface area contributed by atoms with E-state index in [1.807, 2.05) is 37.3 Å². The molecular formula is C33H26Cl4N2O6S. The van der Waals surface area contributed by atoms with E-state index in [1.165, 1.54) is 11.8 Å². The number of rotatable bonds is 12. The molecular weight excluding hydrogens is 694 g/mol. The molecule has 46 heavy (non-hydrogen) atoms. The van der Waals surface area contributed by atoms with Gasteiger partial charge >= 0.3 is 11.9 Å². The Hall–Kier alpha value is -3.73. The molecule has 13 heteroatoms. The molecule has 0 fully saturated rings. The first-order valence-electron chi connectivity index (χ1n) is 13.8. The molecule has 0 radical (unpaired) electrons. The minimum atomic E-state index is -1.52. The molecule has 238 valence electrons. The predicted octanol–water partition coefficient (Wildman–Crippen LogP) is 9.68. The van der Waals surface area contributed by atoms with Gasteiger partial charge in [0.05, 0.1) is 43.4 Å². The molecule has 1 unspecified atom stereocenters. The number of thioether (sulfide) groups is 1. The number of ether oxygens (including phenoxy) is 1. The van der Waals surface area contributed by atoms with Crippen molar-refractivity contribution in [2.75, 3.05) is 17.2 Å². The molecule has 0 aliphatic carbocycles. The average molecular weight is 720 g/mol. The zero-order chi connectivity index (χ0) is 33.4. The molecule has 0 aromatic heterocycles. The molecule has 0 aliphatic rings. The molecule has 8 nitrogen and oxygen atoms in total. The van der Waals surface area contributed by atoms with Crippen LogP contribution in [0.1, 0.15) is 61.7 Å². The van der Waals surface area contributed by atoms with Crippen molar-refractivity contribution < 1.29 is 29.0 Å². The van der Waals surface area contributed by atoms with E-state index in [9.17, 15) is 24.3 Å². The van der Waals surface area contributed by atoms with Gasteiger partial charge in [0.2, 0.25) is 5.91 Å². The number of esters is 1. The molecule has 4 rings (SSSR count). The van der Waals surface area contributed by atoms with E-state index in [2.05, 4.69) is 10.6 Å². The van der Waals surface area contributed by atoms with Crippen LogP contribution >= 0.6 is 58.2 Å². The number of halogens is 4. The predicted molar refractivity (Wildman–Crippen MR) is 183 cm³/mol. The number of aromatic carboxylic acids is 1. The SMILES string of the molecule is CCCCOC(=O)c1ccc(NC(=O)C(Sc2cccc(NC(=O)c3c(Cl)c(Cl)c(Cl)c(Cl)c3C(=O)O)c2)c2ccccc2)cc1. The van der Waals surface area contributed by atoms with Gasteiger partial charge in [0, 0.05) is 16.3 Å². The van der Waals surface area contributed by atoms with Crippen LogP contribution < -0.4 is 10.6 Å². The van der Waals surface area contributed by atoms with Crippen molar-refractivity contribution in [3.8, 4) is 0 Å². The molecule has 4 aromatic rings. The highest BCUT2D eigenvalue weighted by Crippen LogP contribution is 2.42. The van der Waals surface area contributed by atoms with Crippen molar-refractivity contribution >= 4 is 93.3 Å². The molecule has 0 saturated heterocycles. The fraction of sp³-hybridized carbons (Fsp3) is 0.152. The normalized spacial score (nSPS) is 11.4. The van der Waals surface area contributed by atoms with Crippen LogP contribution in [0.3, 0.4) is 0 Å². The van der Waals surface area contributed by atoms with Crippen molar-refractivity contribution in [2.45, 2.75) is 29.9 Å². The van der Waals surface area contributed by atoms with Crippen LogP contribution in [0, 0.1) is 0 Å². The molecule has 4 aromatic carbocycles. The fourth-order valence-corrected chi connectivity index (χ4v) is 6.32. The Labute approximate surface area is 289 Å². The molecule has 0 spiro atoms. The van der Waals surface area contributed by atoms with E-state index in [0.717, 1.165) is 18.4 Å². The summed E-state index contributed by atoms with van der Waals surface area (Å²) >= 11 is 25.7. The van der Waals surface area contributed by atoms with Gasteiger partial charge in [-0.1, -0.05) is 96.1 Å². The summed E-state index contributed by atoms with van der Waals surface area (Å²) in [6.45, 7) is 2.35. The number of nitrogens with one attached hydrogen (secondary N) is 2. The summed E-state index contributed by atoms with van der Waals surface area (Å²) in [5.41, 5.74) is 0.836. The van der Waals surface area contributed by atoms with Crippen LogP contribution in [0.15, 0.2) is 83.8 Å². The number of anilines is 2. The van der Waals surface area contributed by atoms with E-state index in [-0.39, 0.29) is 21.0 Å². The zero-order valence-electron chi connectivity index (χ0n) is 24.1. The number of hydrogen-bond acceptors (Lipinski definition) is 6. The lowest BCUT2D eigenvalue weighted by Gasteiger charge is -2.18. The van der Waals surface area contributed by atoms with Crippen LogP contribution in [0.2, 0.25) is 20.1 Å². The molecule has 0 heterocycles. The van der Waals surface area contributed by atoms with Crippen molar-refractivity contribution in [3.63, 3.8) is 0 Å². The molecule has 0 saturated carbocycles. The Bertz CT molecular complexity index is 1770. The topological polar surface area (TPSA) is 122 Å². The second-order valence-electron chi connectivity index (χ2n) is 9.76. The maximum Gasteiger partial charge on any atom is 0.338 e. The minimum Gasteiger partial charge on any atom is -0.478 e. The van der Waals surface area contributed by atoms with Gasteiger partial charge in [-0.05, 0) is 54.4 Å². The zero-order valence-corrected chi connectivity index (χ0v) is 28.0. The molecule has 2 amide bonds. The Balaban J connectivity index is 1.55. The highest BCUT2D eigenvalue weighted by Gasteiger charge is 2.29. The Morgan fingerprint density at radius 1 is 0.783 bits per heavy atom. The van der Waals surface area contributed by atoms with Gasteiger partial charge < -0.3 is 20.5 Å². The van der Waals surface area contributed by atoms with Crippen LogP contribution in [-0.4, -0.2) is 35.5 Å². The largest absolute Gasteiger partial charge is 0.478 e. The van der Waals surface area contributed by atoms with Gasteiger partial charge in [-0.25, -0.2) is 9.59 Å². The minimum absolute atomic E-state index is 0.258. The second-order valence-corrected chi connectivity index (χ2v) is 12.4. The quantitative estimate of drug-likeness (QED) is 0.0438. The summed E-state index contributed by atoms with van der Waals surface area (Å²) in [5, 5.41) is 13.2. The first kappa shape index (κ1) is 35.1. The first-order valence-corrected chi connectivity index (χ1v) is 16.2. The summed E-state index contributed by atoms with van der Waals surface area (Å²) < 4.78 is 5.24. The lowest BCUT2D eigenvalue weighted by molar-refractivity contribution is -0.115. The van der Waals surface area contributed by atoms with Crippen molar-refractivity contribution in [3.05, 3.63) is 121 Å². The number of carbonyl (C=O) groups is 4. The summed E-state index contributed by atoms with van der Waals surface area (Å²) in [6, 6.07) is 22.2. The third-order valence-corrected chi connectivity index (χ3v) is 9.56. The summed E-state index contributed by atoms with van der Waals surface area (Å²) in [4.78, 5) is 51.6. The van der Waals surface area contributed by atoms with Gasteiger partial charge in [-0.2, -0.15) is 0 Å². The highest BCUT2D eigenvalue weighted by molar-refractivity contribution is 8.00. The monoisotopic (exact) mass is 718 g/mol. The van der Waals surface area contributed by atoms with Crippen molar-refractivity contribution in [1.82, 2.24) is 0 Å². The number of amides is 2.